The third kappa shape index (κ3) is 4.96. The fraction of sp³-hybridized carbons (Fsp3) is 0.652. The third-order valence-electron chi connectivity index (χ3n) is 6.91. The number of nitrogens with zero attached hydrogens (tertiary/aromatic N) is 2. The van der Waals surface area contributed by atoms with Crippen molar-refractivity contribution in [2.75, 3.05) is 25.6 Å². The summed E-state index contributed by atoms with van der Waals surface area (Å²) in [7, 11) is -3.63. The topological polar surface area (TPSA) is 105 Å². The van der Waals surface area contributed by atoms with Gasteiger partial charge in [0.25, 0.3) is 0 Å². The van der Waals surface area contributed by atoms with Crippen LogP contribution < -0.4 is 14.8 Å². The van der Waals surface area contributed by atoms with Crippen LogP contribution in [0, 0.1) is 0 Å². The van der Waals surface area contributed by atoms with Gasteiger partial charge in [-0.25, -0.2) is 8.42 Å². The molecule has 1 aliphatic carbocycles. The van der Waals surface area contributed by atoms with E-state index >= 15 is 0 Å². The maximum absolute atomic E-state index is 13.6. The van der Waals surface area contributed by atoms with Crippen LogP contribution in [0.2, 0.25) is 0 Å². The summed E-state index contributed by atoms with van der Waals surface area (Å²) in [5, 5.41) is 3.14. The number of sulfonamides is 1. The minimum atomic E-state index is -3.63. The Morgan fingerprint density at radius 3 is 2.55 bits per heavy atom. The van der Waals surface area contributed by atoms with E-state index in [1.807, 2.05) is 6.07 Å². The fourth-order valence-corrected chi connectivity index (χ4v) is 5.94. The lowest BCUT2D eigenvalue weighted by atomic mass is 9.93. The number of ether oxygens (including phenoxy) is 2. The van der Waals surface area contributed by atoms with Gasteiger partial charge in [-0.15, -0.1) is 0 Å². The monoisotopic (exact) mass is 479 g/mol. The van der Waals surface area contributed by atoms with E-state index in [1.54, 1.807) is 26.0 Å². The average molecular weight is 480 g/mol. The van der Waals surface area contributed by atoms with E-state index in [0.717, 1.165) is 48.4 Å². The first kappa shape index (κ1) is 23.8. The minimum Gasteiger partial charge on any atom is -0.454 e. The Morgan fingerprint density at radius 2 is 1.85 bits per heavy atom. The molecule has 9 nitrogen and oxygen atoms in total. The summed E-state index contributed by atoms with van der Waals surface area (Å²) in [6, 6.07) is 5.45. The quantitative estimate of drug-likeness (QED) is 0.626. The second-order valence-corrected chi connectivity index (χ2v) is 11.5. The first-order valence-corrected chi connectivity index (χ1v) is 13.3. The van der Waals surface area contributed by atoms with Gasteiger partial charge in [-0.2, -0.15) is 4.31 Å². The molecule has 1 saturated heterocycles. The minimum absolute atomic E-state index is 0.0393. The maximum Gasteiger partial charge on any atom is 0.247 e. The number of fused-ring (bicyclic) bond motifs is 1. The van der Waals surface area contributed by atoms with E-state index in [1.165, 1.54) is 4.90 Å². The Hall–Kier alpha value is -2.33. The molecule has 1 N–H and O–H groups in total. The van der Waals surface area contributed by atoms with Crippen LogP contribution in [-0.2, 0) is 26.2 Å². The van der Waals surface area contributed by atoms with E-state index in [9.17, 15) is 18.0 Å². The van der Waals surface area contributed by atoms with Crippen molar-refractivity contribution in [1.29, 1.82) is 0 Å². The fourth-order valence-electron chi connectivity index (χ4n) is 4.82. The number of rotatable bonds is 6. The molecule has 2 fully saturated rings. The zero-order chi connectivity index (χ0) is 23.6. The summed E-state index contributed by atoms with van der Waals surface area (Å²) in [6.07, 6.45) is 6.21. The molecule has 0 spiro atoms. The predicted octanol–water partition coefficient (Wildman–Crippen LogP) is 2.01. The molecular weight excluding hydrogens is 446 g/mol. The number of hydrogen-bond donors (Lipinski definition) is 1. The molecule has 10 heteroatoms. The van der Waals surface area contributed by atoms with Crippen molar-refractivity contribution < 1.29 is 27.5 Å². The van der Waals surface area contributed by atoms with Crippen molar-refractivity contribution in [2.24, 2.45) is 0 Å². The Balaban J connectivity index is 1.62. The number of carbonyl (C=O) groups is 2. The second-order valence-electron chi connectivity index (χ2n) is 9.27. The van der Waals surface area contributed by atoms with Gasteiger partial charge in [0.15, 0.2) is 11.5 Å². The first-order chi connectivity index (χ1) is 15.7. The summed E-state index contributed by atoms with van der Waals surface area (Å²) in [5.41, 5.74) is -0.548. The molecule has 2 amide bonds. The normalized spacial score (nSPS) is 24.5. The van der Waals surface area contributed by atoms with E-state index in [0.29, 0.717) is 11.5 Å². The summed E-state index contributed by atoms with van der Waals surface area (Å²) in [6.45, 7) is 3.19. The van der Waals surface area contributed by atoms with E-state index in [4.69, 9.17) is 9.47 Å². The molecule has 2 heterocycles. The third-order valence-corrected chi connectivity index (χ3v) is 8.68. The van der Waals surface area contributed by atoms with Crippen molar-refractivity contribution >= 4 is 21.8 Å². The van der Waals surface area contributed by atoms with Crippen LogP contribution in [0.25, 0.3) is 0 Å². The summed E-state index contributed by atoms with van der Waals surface area (Å²) >= 11 is 0. The van der Waals surface area contributed by atoms with Crippen LogP contribution >= 0.6 is 0 Å². The Bertz CT molecular complexity index is 1010. The number of hydrogen-bond acceptors (Lipinski definition) is 6. The molecule has 4 rings (SSSR count). The predicted molar refractivity (Wildman–Crippen MR) is 122 cm³/mol. The molecule has 1 aromatic carbocycles. The molecule has 182 valence electrons. The van der Waals surface area contributed by atoms with Gasteiger partial charge in [0.2, 0.25) is 28.6 Å². The van der Waals surface area contributed by atoms with Gasteiger partial charge >= 0.3 is 0 Å². The van der Waals surface area contributed by atoms with Gasteiger partial charge in [0, 0.05) is 19.1 Å². The second kappa shape index (κ2) is 9.50. The molecule has 0 bridgehead atoms. The summed E-state index contributed by atoms with van der Waals surface area (Å²) in [4.78, 5) is 28.4. The highest BCUT2D eigenvalue weighted by atomic mass is 32.2. The van der Waals surface area contributed by atoms with Crippen molar-refractivity contribution in [3.63, 3.8) is 0 Å². The highest BCUT2D eigenvalue weighted by molar-refractivity contribution is 7.89. The smallest absolute Gasteiger partial charge is 0.247 e. The lowest BCUT2D eigenvalue weighted by Crippen LogP contribution is -2.70. The van der Waals surface area contributed by atoms with Gasteiger partial charge in [0.1, 0.15) is 5.54 Å². The van der Waals surface area contributed by atoms with Crippen molar-refractivity contribution in [3.05, 3.63) is 23.8 Å². The highest BCUT2D eigenvalue weighted by Crippen LogP contribution is 2.34. The first-order valence-electron chi connectivity index (χ1n) is 11.7. The zero-order valence-electron chi connectivity index (χ0n) is 19.3. The van der Waals surface area contributed by atoms with E-state index in [2.05, 4.69) is 5.32 Å². The molecule has 0 radical (unpaired) electrons. The Labute approximate surface area is 195 Å². The van der Waals surface area contributed by atoms with Gasteiger partial charge in [-0.1, -0.05) is 31.7 Å². The molecule has 1 aromatic rings. The maximum atomic E-state index is 13.6. The Morgan fingerprint density at radius 1 is 1.15 bits per heavy atom. The Kier molecular flexibility index (Phi) is 6.86. The standard InChI is InChI=1S/C23H33N3O6S/c1-3-33(29,30)25-14-21(27)26(13-17-10-11-19-20(12-17)32-16-31-19)23(2,15-25)22(28)24-18-8-6-4-5-7-9-18/h10-12,18H,3-9,13-16H2,1-2H3,(H,24,28). The van der Waals surface area contributed by atoms with Crippen molar-refractivity contribution in [3.8, 4) is 11.5 Å². The molecular formula is C23H33N3O6S. The molecule has 1 unspecified atom stereocenters. The van der Waals surface area contributed by atoms with Crippen LogP contribution in [0.15, 0.2) is 18.2 Å². The largest absolute Gasteiger partial charge is 0.454 e. The van der Waals surface area contributed by atoms with Gasteiger partial charge in [0.05, 0.1) is 12.3 Å². The number of piperazine rings is 1. The van der Waals surface area contributed by atoms with Crippen molar-refractivity contribution in [2.45, 2.75) is 70.5 Å². The lowest BCUT2D eigenvalue weighted by molar-refractivity contribution is -0.154. The summed E-state index contributed by atoms with van der Waals surface area (Å²) in [5.74, 6) is 0.409. The molecule has 2 aliphatic heterocycles. The average Bonchev–Trinajstić information content (AvgIpc) is 3.11. The van der Waals surface area contributed by atoms with E-state index < -0.39 is 21.5 Å². The van der Waals surface area contributed by atoms with E-state index in [-0.39, 0.29) is 44.1 Å². The highest BCUT2D eigenvalue weighted by Gasteiger charge is 2.50. The molecule has 0 aromatic heterocycles. The van der Waals surface area contributed by atoms with Crippen LogP contribution in [0.3, 0.4) is 0 Å². The number of nitrogens with one attached hydrogen (secondary N) is 1. The molecule has 3 aliphatic rings. The summed E-state index contributed by atoms with van der Waals surface area (Å²) < 4.78 is 37.2. The van der Waals surface area contributed by atoms with Crippen molar-refractivity contribution in [1.82, 2.24) is 14.5 Å². The molecule has 1 atom stereocenters. The van der Waals surface area contributed by atoms with Crippen LogP contribution in [0.1, 0.15) is 57.9 Å². The lowest BCUT2D eigenvalue weighted by Gasteiger charge is -2.47. The van der Waals surface area contributed by atoms with Gasteiger partial charge in [-0.05, 0) is 44.4 Å². The molecule has 33 heavy (non-hydrogen) atoms. The zero-order valence-corrected chi connectivity index (χ0v) is 20.2. The SMILES string of the molecule is CCS(=O)(=O)N1CC(=O)N(Cc2ccc3c(c2)OCO3)C(C)(C(=O)NC2CCCCCC2)C1. The number of carbonyl (C=O) groups excluding carboxylic acids is 2. The number of amides is 2. The number of benzene rings is 1. The van der Waals surface area contributed by atoms with Crippen LogP contribution in [0.5, 0.6) is 11.5 Å². The van der Waals surface area contributed by atoms with Crippen LogP contribution in [-0.4, -0.2) is 66.7 Å². The van der Waals surface area contributed by atoms with Gasteiger partial charge in [-0.3, -0.25) is 9.59 Å². The van der Waals surface area contributed by atoms with Crippen LogP contribution in [0.4, 0.5) is 0 Å². The van der Waals surface area contributed by atoms with Gasteiger partial charge < -0.3 is 19.7 Å². The molecule has 1 saturated carbocycles.